The molecule has 1 saturated heterocycles. The number of halogens is 1. The van der Waals surface area contributed by atoms with Crippen LogP contribution < -0.4 is 4.90 Å². The van der Waals surface area contributed by atoms with E-state index in [0.29, 0.717) is 55.3 Å². The molecule has 10 heteroatoms. The van der Waals surface area contributed by atoms with Gasteiger partial charge in [0.2, 0.25) is 10.0 Å². The number of aromatic nitrogens is 2. The summed E-state index contributed by atoms with van der Waals surface area (Å²) in [5.41, 5.74) is 0. The maximum Gasteiger partial charge on any atom is 0.283 e. The van der Waals surface area contributed by atoms with E-state index in [4.69, 9.17) is 20.4 Å². The molecule has 0 spiro atoms. The molecule has 1 aliphatic rings. The molecule has 3 heterocycles. The zero-order valence-electron chi connectivity index (χ0n) is 14.3. The van der Waals surface area contributed by atoms with E-state index in [2.05, 4.69) is 10.2 Å². The highest BCUT2D eigenvalue weighted by Gasteiger charge is 2.31. The summed E-state index contributed by atoms with van der Waals surface area (Å²) in [6.07, 6.45) is 1.55. The number of rotatable bonds is 5. The van der Waals surface area contributed by atoms with Crippen molar-refractivity contribution in [1.29, 1.82) is 0 Å². The average Bonchev–Trinajstić information content (AvgIpc) is 3.34. The molecule has 0 unspecified atom stereocenters. The maximum atomic E-state index is 12.7. The van der Waals surface area contributed by atoms with Gasteiger partial charge in [-0.1, -0.05) is 11.6 Å². The van der Waals surface area contributed by atoms with Crippen LogP contribution in [0.4, 0.5) is 0 Å². The van der Waals surface area contributed by atoms with Crippen LogP contribution in [0.5, 0.6) is 0 Å². The van der Waals surface area contributed by atoms with Crippen LogP contribution in [0.2, 0.25) is 5.02 Å². The Hall–Kier alpha value is -2.20. The number of quaternary nitrogens is 1. The summed E-state index contributed by atoms with van der Waals surface area (Å²) in [5, 5.41) is 8.54. The molecular weight excluding hydrogens is 392 g/mol. The van der Waals surface area contributed by atoms with Crippen molar-refractivity contribution in [3.63, 3.8) is 0 Å². The van der Waals surface area contributed by atoms with Crippen LogP contribution in [-0.2, 0) is 16.6 Å². The van der Waals surface area contributed by atoms with Crippen LogP contribution in [0.3, 0.4) is 0 Å². The second-order valence-electron chi connectivity index (χ2n) is 6.26. The lowest BCUT2D eigenvalue weighted by Gasteiger charge is -2.30. The van der Waals surface area contributed by atoms with Crippen molar-refractivity contribution in [2.24, 2.45) is 0 Å². The van der Waals surface area contributed by atoms with Gasteiger partial charge in [-0.05, 0) is 36.4 Å². The van der Waals surface area contributed by atoms with Gasteiger partial charge in [0.15, 0.2) is 12.3 Å². The Morgan fingerprint density at radius 1 is 1.11 bits per heavy atom. The predicted octanol–water partition coefficient (Wildman–Crippen LogP) is 1.07. The second-order valence-corrected chi connectivity index (χ2v) is 8.64. The third-order valence-electron chi connectivity index (χ3n) is 4.48. The van der Waals surface area contributed by atoms with Crippen LogP contribution in [0, 0.1) is 0 Å². The molecule has 2 aromatic heterocycles. The van der Waals surface area contributed by atoms with E-state index in [1.165, 1.54) is 21.3 Å². The van der Waals surface area contributed by atoms with Crippen LogP contribution in [0.1, 0.15) is 5.89 Å². The third kappa shape index (κ3) is 3.91. The van der Waals surface area contributed by atoms with Gasteiger partial charge in [0.05, 0.1) is 37.3 Å². The summed E-state index contributed by atoms with van der Waals surface area (Å²) in [7, 11) is -3.50. The Bertz CT molecular complexity index is 994. The van der Waals surface area contributed by atoms with Gasteiger partial charge in [0.1, 0.15) is 0 Å². The molecule has 0 aliphatic carbocycles. The Morgan fingerprint density at radius 3 is 2.52 bits per heavy atom. The normalized spacial score (nSPS) is 16.6. The van der Waals surface area contributed by atoms with Crippen molar-refractivity contribution in [1.82, 2.24) is 14.5 Å². The highest BCUT2D eigenvalue weighted by atomic mass is 35.5. The number of hydrogen-bond acceptors (Lipinski definition) is 6. The highest BCUT2D eigenvalue weighted by molar-refractivity contribution is 7.89. The Morgan fingerprint density at radius 2 is 1.85 bits per heavy atom. The van der Waals surface area contributed by atoms with Gasteiger partial charge < -0.3 is 13.7 Å². The van der Waals surface area contributed by atoms with Crippen LogP contribution in [0.15, 0.2) is 56.4 Å². The fraction of sp³-hybridized carbons (Fsp3) is 0.294. The fourth-order valence-electron chi connectivity index (χ4n) is 3.01. The number of furan rings is 1. The van der Waals surface area contributed by atoms with Gasteiger partial charge in [0, 0.05) is 5.02 Å². The number of sulfonamides is 1. The van der Waals surface area contributed by atoms with E-state index in [9.17, 15) is 8.42 Å². The lowest BCUT2D eigenvalue weighted by atomic mass is 10.3. The minimum Gasteiger partial charge on any atom is -0.459 e. The van der Waals surface area contributed by atoms with E-state index in [1.54, 1.807) is 30.5 Å². The lowest BCUT2D eigenvalue weighted by Crippen LogP contribution is -3.13. The zero-order chi connectivity index (χ0) is 18.9. The predicted molar refractivity (Wildman–Crippen MR) is 96.6 cm³/mol. The molecule has 0 bridgehead atoms. The fourth-order valence-corrected chi connectivity index (χ4v) is 4.58. The van der Waals surface area contributed by atoms with E-state index in [-0.39, 0.29) is 4.90 Å². The molecule has 0 atom stereocenters. The number of nitrogens with zero attached hydrogens (tertiary/aromatic N) is 3. The topological polar surface area (TPSA) is 93.9 Å². The molecule has 1 fully saturated rings. The molecule has 1 N–H and O–H groups in total. The highest BCUT2D eigenvalue weighted by Crippen LogP contribution is 2.19. The first-order chi connectivity index (χ1) is 13.0. The molecule has 1 aliphatic heterocycles. The standard InChI is InChI=1S/C17H17ClN4O4S/c18-13-3-5-14(6-4-13)27(23,24)22-9-7-21(8-10-22)12-16-19-20-17(26-16)15-2-1-11-25-15/h1-6,11H,7-10,12H2/p+1. The van der Waals surface area contributed by atoms with Gasteiger partial charge in [-0.25, -0.2) is 8.42 Å². The number of benzene rings is 1. The number of piperazine rings is 1. The second kappa shape index (κ2) is 7.43. The summed E-state index contributed by atoms with van der Waals surface area (Å²) >= 11 is 5.84. The van der Waals surface area contributed by atoms with Crippen molar-refractivity contribution in [2.45, 2.75) is 11.4 Å². The average molecular weight is 410 g/mol. The van der Waals surface area contributed by atoms with Gasteiger partial charge >= 0.3 is 0 Å². The van der Waals surface area contributed by atoms with E-state index in [0.717, 1.165) is 0 Å². The lowest BCUT2D eigenvalue weighted by molar-refractivity contribution is -0.918. The Labute approximate surface area is 161 Å². The molecule has 8 nitrogen and oxygen atoms in total. The van der Waals surface area contributed by atoms with E-state index >= 15 is 0 Å². The van der Waals surface area contributed by atoms with Crippen molar-refractivity contribution in [3.8, 4) is 11.7 Å². The molecule has 142 valence electrons. The SMILES string of the molecule is O=S(=O)(c1ccc(Cl)cc1)N1CC[NH+](Cc2nnc(-c3ccco3)o2)CC1. The van der Waals surface area contributed by atoms with Crippen molar-refractivity contribution < 1.29 is 22.2 Å². The van der Waals surface area contributed by atoms with Gasteiger partial charge in [-0.2, -0.15) is 4.31 Å². The van der Waals surface area contributed by atoms with Crippen LogP contribution >= 0.6 is 11.6 Å². The molecular formula is C17H18ClN4O4S+. The van der Waals surface area contributed by atoms with Gasteiger partial charge in [-0.15, -0.1) is 10.2 Å². The molecule has 0 radical (unpaired) electrons. The number of hydrogen-bond donors (Lipinski definition) is 1. The molecule has 0 amide bonds. The summed E-state index contributed by atoms with van der Waals surface area (Å²) in [5.74, 6) is 1.38. The zero-order valence-corrected chi connectivity index (χ0v) is 15.9. The first-order valence-corrected chi connectivity index (χ1v) is 10.3. The van der Waals surface area contributed by atoms with Crippen molar-refractivity contribution in [2.75, 3.05) is 26.2 Å². The minimum atomic E-state index is -3.50. The first kappa shape index (κ1) is 18.2. The first-order valence-electron chi connectivity index (χ1n) is 8.48. The molecule has 27 heavy (non-hydrogen) atoms. The molecule has 0 saturated carbocycles. The van der Waals surface area contributed by atoms with Gasteiger partial charge in [0.25, 0.3) is 11.8 Å². The summed E-state index contributed by atoms with van der Waals surface area (Å²) in [6.45, 7) is 2.72. The maximum absolute atomic E-state index is 12.7. The van der Waals surface area contributed by atoms with Gasteiger partial charge in [-0.3, -0.25) is 0 Å². The monoisotopic (exact) mass is 409 g/mol. The molecule has 4 rings (SSSR count). The van der Waals surface area contributed by atoms with E-state index < -0.39 is 10.0 Å². The molecule has 1 aromatic carbocycles. The summed E-state index contributed by atoms with van der Waals surface area (Å²) in [4.78, 5) is 1.45. The van der Waals surface area contributed by atoms with Crippen LogP contribution in [-0.4, -0.2) is 49.1 Å². The minimum absolute atomic E-state index is 0.260. The smallest absolute Gasteiger partial charge is 0.283 e. The Balaban J connectivity index is 1.37. The quantitative estimate of drug-likeness (QED) is 0.677. The van der Waals surface area contributed by atoms with E-state index in [1.807, 2.05) is 0 Å². The van der Waals surface area contributed by atoms with Crippen LogP contribution in [0.25, 0.3) is 11.7 Å². The van der Waals surface area contributed by atoms with Crippen molar-refractivity contribution >= 4 is 21.6 Å². The van der Waals surface area contributed by atoms with Crippen molar-refractivity contribution in [3.05, 3.63) is 53.6 Å². The summed E-state index contributed by atoms with van der Waals surface area (Å²) in [6, 6.07) is 9.75. The Kier molecular flexibility index (Phi) is 5.00. The third-order valence-corrected chi connectivity index (χ3v) is 6.65. The molecule has 3 aromatic rings. The largest absolute Gasteiger partial charge is 0.459 e. The number of nitrogens with one attached hydrogen (secondary N) is 1. The summed E-state index contributed by atoms with van der Waals surface area (Å²) < 4.78 is 37.8.